The summed E-state index contributed by atoms with van der Waals surface area (Å²) >= 11 is 0. The normalized spacial score (nSPS) is 14.0. The standard InChI is InChI=1S/C57H72F2N10O11.C2HF3O2/c1-34(2)50(66-45(71)15-11-8-12-27-68-47(73)22-23-48(68)74)55(78)62-35(3)53(76)63-39-19-16-36(17-20-39)29-43(56(79)80)64-46(72)24-26-61-54(77)42(60)25-28-69(49(75)33-70)51(57(4,5)6)52-65-44(40-30-38(58)18-21-41(40)59)32-67(52)31-37-13-9-7-10-14-37;3-2(4,5)1(6)7/h7,9-10,13-14,16-23,30,32,34-35,42-43,50-51,70H,8,11-12,15,24-29,31,33,60H2,1-6H3,(H,61,77)(H,62,78)(H,63,76)(H,64,72)(H,66,71)(H,79,80);(H,6,7)/t35-,42-,43-,50-,51-;/m0./s1. The van der Waals surface area contributed by atoms with Gasteiger partial charge in [-0.15, -0.1) is 0 Å². The molecule has 0 spiro atoms. The van der Waals surface area contributed by atoms with E-state index in [0.29, 0.717) is 36.3 Å². The van der Waals surface area contributed by atoms with E-state index in [2.05, 4.69) is 26.6 Å². The number of rotatable bonds is 29. The number of carbonyl (C=O) groups excluding carboxylic acids is 8. The molecule has 28 heteroatoms. The maximum Gasteiger partial charge on any atom is 0.490 e. The lowest BCUT2D eigenvalue weighted by Crippen LogP contribution is -2.53. The Hall–Kier alpha value is -8.92. The van der Waals surface area contributed by atoms with E-state index in [1.807, 2.05) is 51.1 Å². The number of nitrogens with one attached hydrogen (secondary N) is 5. The Bertz CT molecular complexity index is 3100. The van der Waals surface area contributed by atoms with Crippen molar-refractivity contribution in [3.63, 3.8) is 0 Å². The number of benzene rings is 3. The van der Waals surface area contributed by atoms with Gasteiger partial charge in [0.05, 0.1) is 17.8 Å². The van der Waals surface area contributed by atoms with Gasteiger partial charge >= 0.3 is 18.1 Å². The van der Waals surface area contributed by atoms with Gasteiger partial charge in [0.25, 0.3) is 11.8 Å². The highest BCUT2D eigenvalue weighted by atomic mass is 19.4. The van der Waals surface area contributed by atoms with Gasteiger partial charge in [-0.05, 0) is 79.0 Å². The predicted octanol–water partition coefficient (Wildman–Crippen LogP) is 4.52. The fraction of sp³-hybridized carbons (Fsp3) is 0.441. The first-order valence-electron chi connectivity index (χ1n) is 27.7. The van der Waals surface area contributed by atoms with Crippen LogP contribution in [0, 0.1) is 23.0 Å². The van der Waals surface area contributed by atoms with Crippen LogP contribution in [0.3, 0.4) is 0 Å². The van der Waals surface area contributed by atoms with Crippen LogP contribution in [0.2, 0.25) is 0 Å². The lowest BCUT2D eigenvalue weighted by Gasteiger charge is -2.40. The van der Waals surface area contributed by atoms with Gasteiger partial charge in [-0.3, -0.25) is 43.3 Å². The number of carbonyl (C=O) groups is 10. The zero-order chi connectivity index (χ0) is 64.9. The molecule has 2 heterocycles. The number of aliphatic carboxylic acids is 2. The van der Waals surface area contributed by atoms with Gasteiger partial charge in [-0.25, -0.2) is 23.4 Å². The Balaban J connectivity index is 0.00000217. The molecular weight excluding hydrogens is 1150 g/mol. The summed E-state index contributed by atoms with van der Waals surface area (Å²) in [6.07, 6.45) is 0.0118. The number of unbranched alkanes of at least 4 members (excludes halogenated alkanes) is 2. The molecule has 0 fully saturated rings. The highest BCUT2D eigenvalue weighted by Gasteiger charge is 2.40. The molecule has 5 rings (SSSR count). The van der Waals surface area contributed by atoms with Crippen molar-refractivity contribution in [2.75, 3.05) is 31.6 Å². The maximum atomic E-state index is 15.1. The van der Waals surface area contributed by atoms with Crippen molar-refractivity contribution >= 4 is 64.9 Å². The number of nitrogens with zero attached hydrogens (tertiary/aromatic N) is 4. The number of anilines is 1. The first-order valence-corrected chi connectivity index (χ1v) is 27.7. The van der Waals surface area contributed by atoms with Crippen molar-refractivity contribution in [3.05, 3.63) is 120 Å². The van der Waals surface area contributed by atoms with Gasteiger partial charge in [0.15, 0.2) is 0 Å². The molecule has 472 valence electrons. The number of hydrogen-bond donors (Lipinski definition) is 9. The molecule has 0 radical (unpaired) electrons. The first kappa shape index (κ1) is 70.6. The quantitative estimate of drug-likeness (QED) is 0.0205. The van der Waals surface area contributed by atoms with Crippen molar-refractivity contribution in [2.45, 2.75) is 129 Å². The number of hydrogen-bond acceptors (Lipinski definition) is 13. The summed E-state index contributed by atoms with van der Waals surface area (Å²) in [5, 5.41) is 40.3. The number of carboxylic acids is 2. The molecule has 5 atom stereocenters. The predicted molar refractivity (Wildman–Crippen MR) is 305 cm³/mol. The van der Waals surface area contributed by atoms with Gasteiger partial charge < -0.3 is 57.1 Å². The van der Waals surface area contributed by atoms with E-state index < -0.39 is 102 Å². The Labute approximate surface area is 498 Å². The number of aromatic nitrogens is 2. The summed E-state index contributed by atoms with van der Waals surface area (Å²) in [7, 11) is 0. The van der Waals surface area contributed by atoms with E-state index in [-0.39, 0.29) is 86.8 Å². The average molecular weight is 1230 g/mol. The molecule has 87 heavy (non-hydrogen) atoms. The smallest absolute Gasteiger partial charge is 0.480 e. The van der Waals surface area contributed by atoms with Crippen LogP contribution >= 0.6 is 0 Å². The number of nitrogens with two attached hydrogens (primary N) is 1. The molecule has 0 saturated heterocycles. The summed E-state index contributed by atoms with van der Waals surface area (Å²) in [5.74, 6) is -9.81. The third kappa shape index (κ3) is 22.1. The molecule has 3 aromatic carbocycles. The molecule has 10 N–H and O–H groups in total. The minimum atomic E-state index is -5.08. The summed E-state index contributed by atoms with van der Waals surface area (Å²) in [6, 6.07) is 13.0. The van der Waals surface area contributed by atoms with E-state index in [0.717, 1.165) is 28.7 Å². The molecule has 0 unspecified atom stereocenters. The SMILES string of the molecule is CC(C)[C@H](NC(=O)CCCCCN1C(=O)C=CC1=O)C(=O)N[C@@H](C)C(=O)Nc1ccc(C[C@H](NC(=O)CCNC(=O)[C@@H](N)CCN(C(=O)CO)[C@@H](c2nc(-c3cc(F)ccc3F)cn2Cc2ccccc2)C(C)(C)C)C(=O)O)cc1.O=C(O)C(F)(F)F. The van der Waals surface area contributed by atoms with Crippen molar-refractivity contribution in [1.29, 1.82) is 0 Å². The molecular formula is C59H73F5N10O13. The summed E-state index contributed by atoms with van der Waals surface area (Å²) < 4.78 is 63.0. The van der Waals surface area contributed by atoms with Crippen LogP contribution in [-0.4, -0.2) is 150 Å². The van der Waals surface area contributed by atoms with Crippen molar-refractivity contribution < 1.29 is 85.2 Å². The van der Waals surface area contributed by atoms with Gasteiger partial charge in [-0.2, -0.15) is 13.2 Å². The van der Waals surface area contributed by atoms with Crippen LogP contribution in [0.25, 0.3) is 11.3 Å². The fourth-order valence-electron chi connectivity index (χ4n) is 8.91. The van der Waals surface area contributed by atoms with Crippen LogP contribution in [-0.2, 0) is 60.9 Å². The topological polar surface area (TPSA) is 342 Å². The third-order valence-electron chi connectivity index (χ3n) is 13.4. The van der Waals surface area contributed by atoms with Crippen molar-refractivity contribution in [3.8, 4) is 11.3 Å². The van der Waals surface area contributed by atoms with Crippen LogP contribution in [0.15, 0.2) is 91.1 Å². The van der Waals surface area contributed by atoms with Gasteiger partial charge in [0.2, 0.25) is 35.4 Å². The lowest BCUT2D eigenvalue weighted by atomic mass is 9.84. The minimum Gasteiger partial charge on any atom is -0.480 e. The second-order valence-corrected chi connectivity index (χ2v) is 21.8. The molecule has 4 aromatic rings. The van der Waals surface area contributed by atoms with E-state index in [4.69, 9.17) is 20.6 Å². The Morgan fingerprint density at radius 2 is 1.38 bits per heavy atom. The Morgan fingerprint density at radius 1 is 0.759 bits per heavy atom. The first-order chi connectivity index (χ1) is 40.8. The Morgan fingerprint density at radius 3 is 1.95 bits per heavy atom. The number of alkyl halides is 3. The van der Waals surface area contributed by atoms with Crippen molar-refractivity contribution in [2.24, 2.45) is 17.1 Å². The fourth-order valence-corrected chi connectivity index (χ4v) is 8.91. The molecule has 0 saturated carbocycles. The van der Waals surface area contributed by atoms with E-state index in [9.17, 15) is 70.9 Å². The minimum absolute atomic E-state index is 0.0957. The number of imidazole rings is 1. The largest absolute Gasteiger partial charge is 0.490 e. The maximum absolute atomic E-state index is 15.1. The number of carboxylic acid groups (broad SMARTS) is 2. The number of aliphatic hydroxyl groups is 1. The summed E-state index contributed by atoms with van der Waals surface area (Å²) in [5.41, 5.74) is 7.21. The van der Waals surface area contributed by atoms with Crippen molar-refractivity contribution in [1.82, 2.24) is 40.6 Å². The molecule has 1 aromatic heterocycles. The lowest BCUT2D eigenvalue weighted by molar-refractivity contribution is -0.192. The van der Waals surface area contributed by atoms with E-state index in [1.165, 1.54) is 36.1 Å². The number of amides is 8. The summed E-state index contributed by atoms with van der Waals surface area (Å²) in [6.45, 7) is 9.70. The highest BCUT2D eigenvalue weighted by molar-refractivity contribution is 6.12. The highest BCUT2D eigenvalue weighted by Crippen LogP contribution is 2.40. The van der Waals surface area contributed by atoms with Gasteiger partial charge in [-0.1, -0.05) is 83.5 Å². The van der Waals surface area contributed by atoms with E-state index in [1.54, 1.807) is 36.7 Å². The zero-order valence-electron chi connectivity index (χ0n) is 48.8. The van der Waals surface area contributed by atoms with Crippen LogP contribution in [0.1, 0.15) is 103 Å². The number of imide groups is 1. The number of halogens is 5. The summed E-state index contributed by atoms with van der Waals surface area (Å²) in [4.78, 5) is 131. The monoisotopic (exact) mass is 1220 g/mol. The Kier molecular flexibility index (Phi) is 26.4. The van der Waals surface area contributed by atoms with Gasteiger partial charge in [0.1, 0.15) is 42.2 Å². The van der Waals surface area contributed by atoms with Gasteiger partial charge in [0, 0.05) is 75.0 Å². The average Bonchev–Trinajstić information content (AvgIpc) is 1.81. The molecule has 1 aliphatic heterocycles. The van der Waals surface area contributed by atoms with Crippen LogP contribution in [0.4, 0.5) is 27.6 Å². The van der Waals surface area contributed by atoms with Crippen LogP contribution in [0.5, 0.6) is 0 Å². The van der Waals surface area contributed by atoms with E-state index >= 15 is 4.39 Å². The molecule has 0 aliphatic carbocycles. The number of aliphatic hydroxyl groups excluding tert-OH is 1. The third-order valence-corrected chi connectivity index (χ3v) is 13.4. The molecule has 23 nitrogen and oxygen atoms in total. The molecule has 8 amide bonds. The molecule has 0 bridgehead atoms. The second-order valence-electron chi connectivity index (χ2n) is 21.8. The van der Waals surface area contributed by atoms with Crippen LogP contribution < -0.4 is 32.3 Å². The second kappa shape index (κ2) is 32.5. The molecule has 1 aliphatic rings. The zero-order valence-corrected chi connectivity index (χ0v) is 48.8.